The molecule has 0 spiro atoms. The molecule has 0 aliphatic heterocycles. The zero-order valence-corrected chi connectivity index (χ0v) is 36.0. The van der Waals surface area contributed by atoms with Gasteiger partial charge < -0.3 is 8.98 Å². The molecule has 0 aliphatic carbocycles. The Morgan fingerprint density at radius 1 is 0.343 bits per heavy atom. The molecule has 5 aromatic heterocycles. The Morgan fingerprint density at radius 2 is 0.940 bits per heavy atom. The minimum absolute atomic E-state index is 0.690. The Bertz CT molecular complexity index is 4220. The van der Waals surface area contributed by atoms with Crippen molar-refractivity contribution < 1.29 is 4.42 Å². The van der Waals surface area contributed by atoms with Crippen LogP contribution in [0.1, 0.15) is 0 Å². The predicted octanol–water partition coefficient (Wildman–Crippen LogP) is 15.8. The van der Waals surface area contributed by atoms with E-state index in [-0.39, 0.29) is 0 Å². The minimum atomic E-state index is 0.690. The summed E-state index contributed by atoms with van der Waals surface area (Å²) < 4.78 is 10.8. The van der Waals surface area contributed by atoms with Gasteiger partial charge in [-0.3, -0.25) is 9.55 Å². The second-order valence-electron chi connectivity index (χ2n) is 17.3. The molecule has 0 aliphatic rings. The molecule has 0 saturated carbocycles. The van der Waals surface area contributed by atoms with Crippen molar-refractivity contribution in [2.75, 3.05) is 0 Å². The molecule has 9 aromatic carbocycles. The first-order valence-electron chi connectivity index (χ1n) is 22.6. The molecular weight excluding hydrogens is 819 g/mol. The van der Waals surface area contributed by atoms with Gasteiger partial charge in [0.1, 0.15) is 17.0 Å². The summed E-state index contributed by atoms with van der Waals surface area (Å²) in [6, 6.07) is 75.7. The van der Waals surface area contributed by atoms with Crippen molar-refractivity contribution in [3.05, 3.63) is 225 Å². The van der Waals surface area contributed by atoms with Gasteiger partial charge in [0.25, 0.3) is 0 Å². The molecule has 0 N–H and O–H groups in total. The van der Waals surface area contributed by atoms with Crippen molar-refractivity contribution >= 4 is 76.3 Å². The summed E-state index contributed by atoms with van der Waals surface area (Å²) in [5, 5.41) is 9.24. The molecule has 14 aromatic rings. The molecule has 14 rings (SSSR count). The van der Waals surface area contributed by atoms with Crippen LogP contribution in [0.2, 0.25) is 0 Å². The van der Waals surface area contributed by atoms with E-state index in [2.05, 4.69) is 196 Å². The summed E-state index contributed by atoms with van der Waals surface area (Å²) in [5.41, 5.74) is 14.9. The van der Waals surface area contributed by atoms with Crippen LogP contribution in [-0.4, -0.2) is 24.1 Å². The SMILES string of the molecule is c1ccc(-c2cc(-n3c4ccccc4c4ccc(-c5ccc6cc(-c7ccc8c(c7)c7ccccc7n8-c7ccc8oc9ccncc9c8c7)ccc6c5)cc43)nc(-c3ccccc3)n2)cc1. The number of nitrogens with zero attached hydrogens (tertiary/aromatic N) is 5. The van der Waals surface area contributed by atoms with E-state index in [4.69, 9.17) is 14.4 Å². The van der Waals surface area contributed by atoms with Crippen molar-refractivity contribution in [1.82, 2.24) is 24.1 Å². The highest BCUT2D eigenvalue weighted by molar-refractivity contribution is 6.12. The number of hydrogen-bond acceptors (Lipinski definition) is 4. The van der Waals surface area contributed by atoms with Crippen molar-refractivity contribution in [2.24, 2.45) is 0 Å². The van der Waals surface area contributed by atoms with Gasteiger partial charge in [-0.15, -0.1) is 0 Å². The summed E-state index contributed by atoms with van der Waals surface area (Å²) >= 11 is 0. The van der Waals surface area contributed by atoms with Gasteiger partial charge in [0.2, 0.25) is 0 Å². The lowest BCUT2D eigenvalue weighted by Gasteiger charge is -2.13. The van der Waals surface area contributed by atoms with Crippen LogP contribution < -0.4 is 0 Å². The topological polar surface area (TPSA) is 61.7 Å². The molecule has 5 heterocycles. The van der Waals surface area contributed by atoms with Gasteiger partial charge in [-0.2, -0.15) is 0 Å². The van der Waals surface area contributed by atoms with Crippen molar-refractivity contribution in [3.8, 4) is 56.4 Å². The predicted molar refractivity (Wildman–Crippen MR) is 275 cm³/mol. The van der Waals surface area contributed by atoms with Crippen molar-refractivity contribution in [3.63, 3.8) is 0 Å². The van der Waals surface area contributed by atoms with E-state index in [9.17, 15) is 0 Å². The number of furan rings is 1. The molecule has 312 valence electrons. The van der Waals surface area contributed by atoms with E-state index < -0.39 is 0 Å². The number of benzene rings is 9. The summed E-state index contributed by atoms with van der Waals surface area (Å²) in [5.74, 6) is 1.52. The highest BCUT2D eigenvalue weighted by Crippen LogP contribution is 2.40. The Balaban J connectivity index is 0.855. The molecule has 0 radical (unpaired) electrons. The maximum atomic E-state index is 6.15. The third-order valence-corrected chi connectivity index (χ3v) is 13.4. The molecule has 0 unspecified atom stereocenters. The van der Waals surface area contributed by atoms with Gasteiger partial charge in [0.05, 0.1) is 27.8 Å². The molecule has 0 atom stereocenters. The van der Waals surface area contributed by atoms with Crippen LogP contribution >= 0.6 is 0 Å². The summed E-state index contributed by atoms with van der Waals surface area (Å²) in [6.45, 7) is 0. The zero-order chi connectivity index (χ0) is 44.0. The summed E-state index contributed by atoms with van der Waals surface area (Å²) in [6.07, 6.45) is 3.66. The molecule has 0 amide bonds. The molecule has 67 heavy (non-hydrogen) atoms. The van der Waals surface area contributed by atoms with E-state index >= 15 is 0 Å². The van der Waals surface area contributed by atoms with Gasteiger partial charge in [-0.1, -0.05) is 140 Å². The fourth-order valence-electron chi connectivity index (χ4n) is 10.2. The minimum Gasteiger partial charge on any atom is -0.456 e. The van der Waals surface area contributed by atoms with Crippen molar-refractivity contribution in [1.29, 1.82) is 0 Å². The summed E-state index contributed by atoms with van der Waals surface area (Å²) in [4.78, 5) is 14.7. The number of aromatic nitrogens is 5. The van der Waals surface area contributed by atoms with Crippen LogP contribution in [0.25, 0.3) is 133 Å². The average Bonchev–Trinajstić information content (AvgIpc) is 4.05. The third-order valence-electron chi connectivity index (χ3n) is 13.4. The second kappa shape index (κ2) is 14.7. The van der Waals surface area contributed by atoms with Gasteiger partial charge >= 0.3 is 0 Å². The number of pyridine rings is 1. The molecular formula is C61H37N5O. The normalized spacial score (nSPS) is 11.9. The average molecular weight is 856 g/mol. The fourth-order valence-corrected chi connectivity index (χ4v) is 10.2. The largest absolute Gasteiger partial charge is 0.456 e. The van der Waals surface area contributed by atoms with Crippen LogP contribution in [-0.2, 0) is 0 Å². The van der Waals surface area contributed by atoms with E-state index in [0.717, 1.165) is 83.5 Å². The fraction of sp³-hybridized carbons (Fsp3) is 0. The van der Waals surface area contributed by atoms with Crippen LogP contribution in [0.5, 0.6) is 0 Å². The highest BCUT2D eigenvalue weighted by Gasteiger charge is 2.19. The molecule has 0 bridgehead atoms. The van der Waals surface area contributed by atoms with Gasteiger partial charge in [0, 0.05) is 67.6 Å². The number of fused-ring (bicyclic) bond motifs is 10. The first-order chi connectivity index (χ1) is 33.2. The van der Waals surface area contributed by atoms with Gasteiger partial charge in [0.15, 0.2) is 5.82 Å². The quantitative estimate of drug-likeness (QED) is 0.167. The number of para-hydroxylation sites is 2. The molecule has 0 saturated heterocycles. The Labute approximate surface area is 384 Å². The van der Waals surface area contributed by atoms with E-state index in [1.807, 2.05) is 36.5 Å². The Hall–Kier alpha value is -9.13. The molecule has 6 heteroatoms. The number of hydrogen-bond donors (Lipinski definition) is 0. The monoisotopic (exact) mass is 855 g/mol. The lowest BCUT2D eigenvalue weighted by Crippen LogP contribution is -2.02. The summed E-state index contributed by atoms with van der Waals surface area (Å²) in [7, 11) is 0. The van der Waals surface area contributed by atoms with E-state index in [1.165, 1.54) is 43.4 Å². The Kier molecular flexibility index (Phi) is 8.18. The first-order valence-corrected chi connectivity index (χ1v) is 22.6. The van der Waals surface area contributed by atoms with E-state index in [0.29, 0.717) is 5.82 Å². The van der Waals surface area contributed by atoms with Crippen LogP contribution in [0.15, 0.2) is 229 Å². The highest BCUT2D eigenvalue weighted by atomic mass is 16.3. The first kappa shape index (κ1) is 37.3. The number of rotatable bonds is 6. The molecule has 0 fully saturated rings. The maximum Gasteiger partial charge on any atom is 0.162 e. The van der Waals surface area contributed by atoms with Gasteiger partial charge in [-0.25, -0.2) is 9.97 Å². The lowest BCUT2D eigenvalue weighted by atomic mass is 9.96. The van der Waals surface area contributed by atoms with E-state index in [1.54, 1.807) is 6.20 Å². The lowest BCUT2D eigenvalue weighted by molar-refractivity contribution is 0.668. The molecule has 6 nitrogen and oxygen atoms in total. The maximum absolute atomic E-state index is 6.15. The standard InChI is InChI=1S/C61H37N5O/c1-3-11-38(12-4-1)53-36-60(64-61(63-53)39-13-5-2-6-14-39)66-55-18-10-7-15-47(55)49-26-23-45(34-57(49)66)43-22-20-40-31-42(21-19-41(40)32-43)44-24-27-56-50(33-44)48-16-8-9-17-54(48)65(56)46-25-28-58-51(35-46)52-37-62-30-29-59(52)67-58/h1-37H. The van der Waals surface area contributed by atoms with Gasteiger partial charge in [-0.05, 0) is 99.8 Å². The van der Waals surface area contributed by atoms with Crippen LogP contribution in [0.4, 0.5) is 0 Å². The smallest absolute Gasteiger partial charge is 0.162 e. The van der Waals surface area contributed by atoms with Crippen LogP contribution in [0, 0.1) is 0 Å². The van der Waals surface area contributed by atoms with Crippen LogP contribution in [0.3, 0.4) is 0 Å². The third kappa shape index (κ3) is 6.00. The zero-order valence-electron chi connectivity index (χ0n) is 36.0. The Morgan fingerprint density at radius 3 is 1.72 bits per heavy atom. The van der Waals surface area contributed by atoms with Crippen molar-refractivity contribution in [2.45, 2.75) is 0 Å². The second-order valence-corrected chi connectivity index (χ2v) is 17.3.